The van der Waals surface area contributed by atoms with Crippen molar-refractivity contribution in [1.29, 1.82) is 0 Å². The number of carbonyl (C=O) groups excluding carboxylic acids is 1. The summed E-state index contributed by atoms with van der Waals surface area (Å²) in [5, 5.41) is 3.75. The van der Waals surface area contributed by atoms with E-state index in [9.17, 15) is 9.18 Å². The average Bonchev–Trinajstić information content (AvgIpc) is 3.41. The predicted octanol–water partition coefficient (Wildman–Crippen LogP) is 5.42. The molecule has 5 rings (SSSR count). The summed E-state index contributed by atoms with van der Waals surface area (Å²) in [6, 6.07) is 8.80. The van der Waals surface area contributed by atoms with Crippen LogP contribution in [0, 0.1) is 5.82 Å². The number of rotatable bonds is 7. The second-order valence-corrected chi connectivity index (χ2v) is 10.6. The summed E-state index contributed by atoms with van der Waals surface area (Å²) in [7, 11) is 5.26. The fourth-order valence-electron chi connectivity index (χ4n) is 5.61. The molecule has 38 heavy (non-hydrogen) atoms. The van der Waals surface area contributed by atoms with Gasteiger partial charge in [0.05, 0.1) is 35.5 Å². The number of halogens is 2. The lowest BCUT2D eigenvalue weighted by Crippen LogP contribution is -2.49. The van der Waals surface area contributed by atoms with E-state index in [1.165, 1.54) is 12.4 Å². The molecule has 8 nitrogen and oxygen atoms in total. The summed E-state index contributed by atoms with van der Waals surface area (Å²) in [6.45, 7) is 0.974. The Bertz CT molecular complexity index is 1320. The summed E-state index contributed by atoms with van der Waals surface area (Å²) in [4.78, 5) is 25.5. The zero-order valence-electron chi connectivity index (χ0n) is 21.9. The molecule has 1 atom stereocenters. The Hall–Kier alpha value is -3.17. The van der Waals surface area contributed by atoms with Gasteiger partial charge in [-0.2, -0.15) is 0 Å². The molecule has 3 aromatic rings. The van der Waals surface area contributed by atoms with E-state index in [2.05, 4.69) is 20.2 Å². The molecule has 10 heteroatoms. The van der Waals surface area contributed by atoms with Crippen molar-refractivity contribution in [2.75, 3.05) is 33.1 Å². The van der Waals surface area contributed by atoms with Crippen molar-refractivity contribution in [2.24, 2.45) is 0 Å². The first-order chi connectivity index (χ1) is 18.4. The minimum Gasteiger partial charge on any atom is -0.493 e. The minimum absolute atomic E-state index is 0.0108. The highest BCUT2D eigenvalue weighted by Crippen LogP contribution is 2.38. The van der Waals surface area contributed by atoms with E-state index in [-0.39, 0.29) is 28.8 Å². The van der Waals surface area contributed by atoms with Crippen LogP contribution in [0.1, 0.15) is 38.5 Å². The second-order valence-electron chi connectivity index (χ2n) is 10.1. The maximum absolute atomic E-state index is 14.5. The standard InChI is InChI=1S/C28H33ClFN5O3/c1-34(2)28(36)23-8-5-13-35(23)17-9-11-18(12-10-17)38-25-14-19-22(15-24(25)37-3)31-16-32-27(19)33-21-7-4-6-20(29)26(21)30/h4,6-7,14-18,23H,5,8-13H2,1-3H3,(H,31,32,33)/t17-,18-,23-/m1/s1. The van der Waals surface area contributed by atoms with Gasteiger partial charge in [-0.05, 0) is 63.3 Å². The molecule has 1 amide bonds. The number of fused-ring (bicyclic) bond motifs is 1. The normalized spacial score (nSPS) is 21.9. The molecule has 1 saturated heterocycles. The van der Waals surface area contributed by atoms with Crippen molar-refractivity contribution in [3.8, 4) is 11.5 Å². The molecular formula is C28H33ClFN5O3. The number of hydrogen-bond donors (Lipinski definition) is 1. The molecular weight excluding hydrogens is 509 g/mol. The Morgan fingerprint density at radius 3 is 2.66 bits per heavy atom. The molecule has 1 aliphatic heterocycles. The molecule has 0 spiro atoms. The minimum atomic E-state index is -0.546. The number of carbonyl (C=O) groups is 1. The summed E-state index contributed by atoms with van der Waals surface area (Å²) < 4.78 is 26.6. The average molecular weight is 542 g/mol. The molecule has 1 aromatic heterocycles. The number of hydrogen-bond acceptors (Lipinski definition) is 7. The highest BCUT2D eigenvalue weighted by atomic mass is 35.5. The van der Waals surface area contributed by atoms with Crippen LogP contribution in [0.3, 0.4) is 0 Å². The Kier molecular flexibility index (Phi) is 7.85. The molecule has 0 radical (unpaired) electrons. The van der Waals surface area contributed by atoms with Gasteiger partial charge in [-0.15, -0.1) is 0 Å². The molecule has 1 saturated carbocycles. The van der Waals surface area contributed by atoms with E-state index in [0.717, 1.165) is 45.1 Å². The third-order valence-corrected chi connectivity index (χ3v) is 7.84. The zero-order valence-corrected chi connectivity index (χ0v) is 22.7. The van der Waals surface area contributed by atoms with Crippen molar-refractivity contribution < 1.29 is 18.7 Å². The monoisotopic (exact) mass is 541 g/mol. The largest absolute Gasteiger partial charge is 0.493 e. The van der Waals surface area contributed by atoms with Crippen LogP contribution in [-0.4, -0.2) is 71.6 Å². The predicted molar refractivity (Wildman–Crippen MR) is 146 cm³/mol. The molecule has 0 bridgehead atoms. The fraction of sp³-hybridized carbons (Fsp3) is 0.464. The Morgan fingerprint density at radius 1 is 1.13 bits per heavy atom. The SMILES string of the molecule is COc1cc2ncnc(Nc3cccc(Cl)c3F)c2cc1O[C@H]1CC[C@H](N2CCC[C@@H]2C(=O)N(C)C)CC1. The van der Waals surface area contributed by atoms with Gasteiger partial charge < -0.3 is 19.7 Å². The molecule has 2 aliphatic rings. The molecule has 0 unspecified atom stereocenters. The second kappa shape index (κ2) is 11.3. The number of aromatic nitrogens is 2. The van der Waals surface area contributed by atoms with Crippen LogP contribution in [0.5, 0.6) is 11.5 Å². The summed E-state index contributed by atoms with van der Waals surface area (Å²) in [5.41, 5.74) is 0.866. The summed E-state index contributed by atoms with van der Waals surface area (Å²) in [5.74, 6) is 1.27. The smallest absolute Gasteiger partial charge is 0.239 e. The summed E-state index contributed by atoms with van der Waals surface area (Å²) in [6.07, 6.45) is 7.15. The molecule has 1 aliphatic carbocycles. The van der Waals surface area contributed by atoms with Gasteiger partial charge in [0.25, 0.3) is 0 Å². The van der Waals surface area contributed by atoms with E-state index in [4.69, 9.17) is 21.1 Å². The number of ether oxygens (including phenoxy) is 2. The first kappa shape index (κ1) is 26.4. The van der Waals surface area contributed by atoms with Gasteiger partial charge in [0.1, 0.15) is 12.1 Å². The van der Waals surface area contributed by atoms with Gasteiger partial charge in [-0.1, -0.05) is 17.7 Å². The maximum atomic E-state index is 14.5. The number of nitrogens with zero attached hydrogens (tertiary/aromatic N) is 4. The zero-order chi connectivity index (χ0) is 26.8. The third kappa shape index (κ3) is 5.35. The third-order valence-electron chi connectivity index (χ3n) is 7.55. The highest BCUT2D eigenvalue weighted by molar-refractivity contribution is 6.31. The van der Waals surface area contributed by atoms with Crippen molar-refractivity contribution in [3.63, 3.8) is 0 Å². The highest BCUT2D eigenvalue weighted by Gasteiger charge is 2.38. The number of nitrogens with one attached hydrogen (secondary N) is 1. The Labute approximate surface area is 227 Å². The molecule has 2 fully saturated rings. The van der Waals surface area contributed by atoms with Gasteiger partial charge in [0, 0.05) is 31.6 Å². The van der Waals surface area contributed by atoms with Gasteiger partial charge in [-0.3, -0.25) is 9.69 Å². The topological polar surface area (TPSA) is 79.8 Å². The van der Waals surface area contributed by atoms with E-state index >= 15 is 0 Å². The van der Waals surface area contributed by atoms with Crippen LogP contribution < -0.4 is 14.8 Å². The van der Waals surface area contributed by atoms with E-state index in [1.807, 2.05) is 20.2 Å². The van der Waals surface area contributed by atoms with Gasteiger partial charge in [-0.25, -0.2) is 14.4 Å². The number of likely N-dealkylation sites (tertiary alicyclic amines) is 1. The molecule has 2 aromatic carbocycles. The maximum Gasteiger partial charge on any atom is 0.239 e. The van der Waals surface area contributed by atoms with Crippen molar-refractivity contribution in [2.45, 2.75) is 56.7 Å². The molecule has 2 heterocycles. The molecule has 1 N–H and O–H groups in total. The van der Waals surface area contributed by atoms with Crippen LogP contribution in [0.15, 0.2) is 36.7 Å². The van der Waals surface area contributed by atoms with Crippen LogP contribution in [0.4, 0.5) is 15.9 Å². The number of benzene rings is 2. The van der Waals surface area contributed by atoms with E-state index < -0.39 is 5.82 Å². The number of likely N-dealkylation sites (N-methyl/N-ethyl adjacent to an activating group) is 1. The number of amides is 1. The molecule has 202 valence electrons. The number of anilines is 2. The fourth-order valence-corrected chi connectivity index (χ4v) is 5.78. The Balaban J connectivity index is 1.32. The van der Waals surface area contributed by atoms with Crippen LogP contribution in [0.2, 0.25) is 5.02 Å². The first-order valence-electron chi connectivity index (χ1n) is 13.0. The van der Waals surface area contributed by atoms with Crippen LogP contribution in [-0.2, 0) is 4.79 Å². The lowest BCUT2D eigenvalue weighted by atomic mass is 9.91. The van der Waals surface area contributed by atoms with Crippen molar-refractivity contribution >= 4 is 39.9 Å². The van der Waals surface area contributed by atoms with Gasteiger partial charge in [0.2, 0.25) is 5.91 Å². The lowest BCUT2D eigenvalue weighted by molar-refractivity contribution is -0.134. The van der Waals surface area contributed by atoms with Gasteiger partial charge in [0.15, 0.2) is 17.3 Å². The van der Waals surface area contributed by atoms with E-state index in [1.54, 1.807) is 30.2 Å². The van der Waals surface area contributed by atoms with Crippen LogP contribution >= 0.6 is 11.6 Å². The first-order valence-corrected chi connectivity index (χ1v) is 13.4. The number of methoxy groups -OCH3 is 1. The van der Waals surface area contributed by atoms with Crippen molar-refractivity contribution in [1.82, 2.24) is 19.8 Å². The Morgan fingerprint density at radius 2 is 1.92 bits per heavy atom. The van der Waals surface area contributed by atoms with Crippen LogP contribution in [0.25, 0.3) is 10.9 Å². The van der Waals surface area contributed by atoms with E-state index in [0.29, 0.717) is 34.3 Å². The van der Waals surface area contributed by atoms with Crippen molar-refractivity contribution in [3.05, 3.63) is 47.5 Å². The summed E-state index contributed by atoms with van der Waals surface area (Å²) >= 11 is 5.95. The lowest BCUT2D eigenvalue weighted by Gasteiger charge is -2.38. The quantitative estimate of drug-likeness (QED) is 0.428. The van der Waals surface area contributed by atoms with Gasteiger partial charge >= 0.3 is 0 Å².